The first-order chi connectivity index (χ1) is 7.63. The van der Waals surface area contributed by atoms with Crippen LogP contribution in [0.25, 0.3) is 11.0 Å². The summed E-state index contributed by atoms with van der Waals surface area (Å²) in [5.74, 6) is 0.778. The van der Waals surface area contributed by atoms with Crippen LogP contribution < -0.4 is 10.3 Å². The average Bonchev–Trinajstić information content (AvgIpc) is 2.26. The molecule has 0 aliphatic rings. The smallest absolute Gasteiger partial charge is 0.272 e. The minimum absolute atomic E-state index is 0.0586. The maximum Gasteiger partial charge on any atom is 0.272 e. The van der Waals surface area contributed by atoms with Gasteiger partial charge in [-0.1, -0.05) is 0 Å². The molecule has 0 saturated heterocycles. The highest BCUT2D eigenvalue weighted by Gasteiger charge is 2.05. The predicted octanol–water partition coefficient (Wildman–Crippen LogP) is 1.64. The molecule has 0 spiro atoms. The summed E-state index contributed by atoms with van der Waals surface area (Å²) in [4.78, 5) is 15.9. The molecule has 84 valence electrons. The molecule has 0 aliphatic carbocycles. The number of aromatic nitrogens is 2. The number of hydrogen-bond donors (Lipinski definition) is 0. The van der Waals surface area contributed by atoms with Crippen LogP contribution in [-0.2, 0) is 7.05 Å². The summed E-state index contributed by atoms with van der Waals surface area (Å²) < 4.78 is 7.00. The molecule has 4 heteroatoms. The number of rotatable bonds is 2. The van der Waals surface area contributed by atoms with E-state index < -0.39 is 0 Å². The Morgan fingerprint density at radius 3 is 2.88 bits per heavy atom. The van der Waals surface area contributed by atoms with Gasteiger partial charge in [0.1, 0.15) is 11.4 Å². The second-order valence-corrected chi connectivity index (χ2v) is 3.64. The fourth-order valence-electron chi connectivity index (χ4n) is 1.71. The van der Waals surface area contributed by atoms with Crippen molar-refractivity contribution < 1.29 is 4.74 Å². The zero-order valence-corrected chi connectivity index (χ0v) is 9.65. The minimum atomic E-state index is -0.0586. The highest BCUT2D eigenvalue weighted by atomic mass is 16.5. The molecule has 2 rings (SSSR count). The summed E-state index contributed by atoms with van der Waals surface area (Å²) in [7, 11) is 1.75. The van der Waals surface area contributed by atoms with Crippen LogP contribution in [0.1, 0.15) is 12.6 Å². The van der Waals surface area contributed by atoms with E-state index in [1.165, 1.54) is 0 Å². The van der Waals surface area contributed by atoms with E-state index in [-0.39, 0.29) is 5.56 Å². The van der Waals surface area contributed by atoms with Gasteiger partial charge in [0.05, 0.1) is 17.6 Å². The van der Waals surface area contributed by atoms with E-state index in [0.717, 1.165) is 16.8 Å². The largest absolute Gasteiger partial charge is 0.494 e. The van der Waals surface area contributed by atoms with E-state index in [4.69, 9.17) is 4.74 Å². The molecule has 0 N–H and O–H groups in total. The fourth-order valence-corrected chi connectivity index (χ4v) is 1.71. The van der Waals surface area contributed by atoms with Gasteiger partial charge >= 0.3 is 0 Å². The molecular formula is C12H14N2O2. The van der Waals surface area contributed by atoms with Crippen molar-refractivity contribution in [3.8, 4) is 5.75 Å². The number of ether oxygens (including phenoxy) is 1. The van der Waals surface area contributed by atoms with Crippen molar-refractivity contribution >= 4 is 11.0 Å². The van der Waals surface area contributed by atoms with Gasteiger partial charge in [0, 0.05) is 13.1 Å². The molecule has 0 saturated carbocycles. The lowest BCUT2D eigenvalue weighted by atomic mass is 10.2. The summed E-state index contributed by atoms with van der Waals surface area (Å²) in [5.41, 5.74) is 2.05. The van der Waals surface area contributed by atoms with Crippen LogP contribution in [0.4, 0.5) is 0 Å². The molecule has 0 fully saturated rings. The molecule has 1 heterocycles. The van der Waals surface area contributed by atoms with Gasteiger partial charge in [-0.25, -0.2) is 4.98 Å². The zero-order chi connectivity index (χ0) is 11.7. The molecule has 0 radical (unpaired) electrons. The average molecular weight is 218 g/mol. The highest BCUT2D eigenvalue weighted by Crippen LogP contribution is 2.17. The standard InChI is InChI=1S/C12H14N2O2/c1-4-16-9-5-6-11-10(7-9)13-8(2)12(15)14(11)3/h5-7H,4H2,1-3H3. The Hall–Kier alpha value is -1.84. The van der Waals surface area contributed by atoms with Crippen LogP contribution in [0.5, 0.6) is 5.75 Å². The monoisotopic (exact) mass is 218 g/mol. The lowest BCUT2D eigenvalue weighted by Gasteiger charge is -2.08. The Morgan fingerprint density at radius 1 is 1.44 bits per heavy atom. The van der Waals surface area contributed by atoms with E-state index in [9.17, 15) is 4.79 Å². The lowest BCUT2D eigenvalue weighted by molar-refractivity contribution is 0.340. The van der Waals surface area contributed by atoms with E-state index in [1.54, 1.807) is 18.5 Å². The number of aryl methyl sites for hydroxylation is 2. The normalized spacial score (nSPS) is 10.7. The molecule has 2 aromatic rings. The van der Waals surface area contributed by atoms with Crippen molar-refractivity contribution in [1.29, 1.82) is 0 Å². The van der Waals surface area contributed by atoms with Crippen molar-refractivity contribution in [2.45, 2.75) is 13.8 Å². The Balaban J connectivity index is 2.71. The first-order valence-corrected chi connectivity index (χ1v) is 5.23. The van der Waals surface area contributed by atoms with E-state index in [0.29, 0.717) is 12.3 Å². The number of hydrogen-bond acceptors (Lipinski definition) is 3. The number of fused-ring (bicyclic) bond motifs is 1. The van der Waals surface area contributed by atoms with Gasteiger partial charge in [-0.2, -0.15) is 0 Å². The van der Waals surface area contributed by atoms with Gasteiger partial charge < -0.3 is 9.30 Å². The maximum atomic E-state index is 11.7. The minimum Gasteiger partial charge on any atom is -0.494 e. The lowest BCUT2D eigenvalue weighted by Crippen LogP contribution is -2.20. The SMILES string of the molecule is CCOc1ccc2c(c1)nc(C)c(=O)n2C. The second-order valence-electron chi connectivity index (χ2n) is 3.64. The molecule has 0 amide bonds. The van der Waals surface area contributed by atoms with Crippen molar-refractivity contribution in [2.75, 3.05) is 6.61 Å². The first-order valence-electron chi connectivity index (χ1n) is 5.23. The Morgan fingerprint density at radius 2 is 2.19 bits per heavy atom. The zero-order valence-electron chi connectivity index (χ0n) is 9.65. The summed E-state index contributed by atoms with van der Waals surface area (Å²) in [5, 5.41) is 0. The molecule has 0 atom stereocenters. The summed E-state index contributed by atoms with van der Waals surface area (Å²) >= 11 is 0. The van der Waals surface area contributed by atoms with Crippen molar-refractivity contribution in [2.24, 2.45) is 7.05 Å². The predicted molar refractivity (Wildman–Crippen MR) is 62.9 cm³/mol. The maximum absolute atomic E-state index is 11.7. The second kappa shape index (κ2) is 3.96. The van der Waals surface area contributed by atoms with Crippen molar-refractivity contribution in [1.82, 2.24) is 9.55 Å². The Labute approximate surface area is 93.5 Å². The van der Waals surface area contributed by atoms with Crippen LogP contribution in [0.2, 0.25) is 0 Å². The van der Waals surface area contributed by atoms with E-state index in [1.807, 2.05) is 25.1 Å². The van der Waals surface area contributed by atoms with Gasteiger partial charge in [0.25, 0.3) is 5.56 Å². The molecule has 4 nitrogen and oxygen atoms in total. The molecule has 1 aromatic heterocycles. The van der Waals surface area contributed by atoms with Crippen LogP contribution in [0, 0.1) is 6.92 Å². The molecular weight excluding hydrogens is 204 g/mol. The number of nitrogens with zero attached hydrogens (tertiary/aromatic N) is 2. The fraction of sp³-hybridized carbons (Fsp3) is 0.333. The third kappa shape index (κ3) is 1.66. The summed E-state index contributed by atoms with van der Waals surface area (Å²) in [6.45, 7) is 4.27. The van der Waals surface area contributed by atoms with Crippen molar-refractivity contribution in [3.05, 3.63) is 34.2 Å². The third-order valence-corrected chi connectivity index (χ3v) is 2.52. The van der Waals surface area contributed by atoms with Gasteiger partial charge in [-0.05, 0) is 26.0 Å². The molecule has 0 bridgehead atoms. The van der Waals surface area contributed by atoms with Gasteiger partial charge in [-0.15, -0.1) is 0 Å². The first kappa shape index (κ1) is 10.7. The van der Waals surface area contributed by atoms with Crippen LogP contribution in [-0.4, -0.2) is 16.2 Å². The highest BCUT2D eigenvalue weighted by molar-refractivity contribution is 5.76. The van der Waals surface area contributed by atoms with Gasteiger partial charge in [0.2, 0.25) is 0 Å². The van der Waals surface area contributed by atoms with Gasteiger partial charge in [0.15, 0.2) is 0 Å². The molecule has 0 aliphatic heterocycles. The molecule has 1 aromatic carbocycles. The number of benzene rings is 1. The van der Waals surface area contributed by atoms with Gasteiger partial charge in [-0.3, -0.25) is 4.79 Å². The Bertz CT molecular complexity index is 587. The summed E-state index contributed by atoms with van der Waals surface area (Å²) in [6, 6.07) is 5.56. The third-order valence-electron chi connectivity index (χ3n) is 2.52. The topological polar surface area (TPSA) is 44.1 Å². The molecule has 0 unspecified atom stereocenters. The van der Waals surface area contributed by atoms with E-state index in [2.05, 4.69) is 4.98 Å². The molecule has 16 heavy (non-hydrogen) atoms. The van der Waals surface area contributed by atoms with Crippen LogP contribution in [0.15, 0.2) is 23.0 Å². The van der Waals surface area contributed by atoms with Crippen LogP contribution in [0.3, 0.4) is 0 Å². The van der Waals surface area contributed by atoms with Crippen LogP contribution >= 0.6 is 0 Å². The Kier molecular flexibility index (Phi) is 2.64. The van der Waals surface area contributed by atoms with Crippen molar-refractivity contribution in [3.63, 3.8) is 0 Å². The quantitative estimate of drug-likeness (QED) is 0.769. The van der Waals surface area contributed by atoms with E-state index >= 15 is 0 Å². The summed E-state index contributed by atoms with van der Waals surface area (Å²) in [6.07, 6.45) is 0.